The molecule has 0 unspecified atom stereocenters. The molecule has 3 rings (SSSR count). The van der Waals surface area contributed by atoms with E-state index in [0.717, 1.165) is 26.1 Å². The average Bonchev–Trinajstić information content (AvgIpc) is 3.03. The number of aryl methyl sites for hydroxylation is 1. The molecule has 2 saturated heterocycles. The van der Waals surface area contributed by atoms with Crippen molar-refractivity contribution in [2.45, 2.75) is 58.4 Å². The average molecular weight is 322 g/mol. The highest BCUT2D eigenvalue weighted by Gasteiger charge is 2.42. The first-order valence-corrected chi connectivity index (χ1v) is 9.03. The van der Waals surface area contributed by atoms with Crippen molar-refractivity contribution in [1.82, 2.24) is 10.2 Å². The molecule has 0 spiro atoms. The first-order chi connectivity index (χ1) is 10.5. The smallest absolute Gasteiger partial charge is 0.222 e. The van der Waals surface area contributed by atoms with Gasteiger partial charge in [-0.05, 0) is 39.3 Å². The van der Waals surface area contributed by atoms with Crippen LogP contribution in [0.25, 0.3) is 0 Å². The topological polar surface area (TPSA) is 41.6 Å². The van der Waals surface area contributed by atoms with Crippen LogP contribution >= 0.6 is 11.3 Å². The zero-order chi connectivity index (χ0) is 15.7. The fourth-order valence-corrected chi connectivity index (χ4v) is 4.52. The predicted octanol–water partition coefficient (Wildman–Crippen LogP) is 2.56. The molecule has 1 amide bonds. The molecule has 5 heteroatoms. The largest absolute Gasteiger partial charge is 0.373 e. The summed E-state index contributed by atoms with van der Waals surface area (Å²) < 4.78 is 6.11. The van der Waals surface area contributed by atoms with E-state index in [9.17, 15) is 4.79 Å². The highest BCUT2D eigenvalue weighted by molar-refractivity contribution is 7.11. The molecule has 2 aliphatic heterocycles. The summed E-state index contributed by atoms with van der Waals surface area (Å²) >= 11 is 1.88. The van der Waals surface area contributed by atoms with Gasteiger partial charge >= 0.3 is 0 Å². The lowest BCUT2D eigenvalue weighted by molar-refractivity contribution is -0.124. The standard InChI is InChI=1S/C17H26N2O2S/c1-11(2)18-17(20)7-14-6-13-8-19(10-16(13)21-14)9-15-5-4-12(3)22-15/h4-5,11,13-14,16H,6-10H2,1-3H3,(H,18,20)/t13-,14+,16+/m0/s1. The van der Waals surface area contributed by atoms with Gasteiger partial charge in [0.2, 0.25) is 5.91 Å². The van der Waals surface area contributed by atoms with Gasteiger partial charge in [-0.25, -0.2) is 0 Å². The van der Waals surface area contributed by atoms with Crippen molar-refractivity contribution in [2.24, 2.45) is 5.92 Å². The number of nitrogens with zero attached hydrogens (tertiary/aromatic N) is 1. The van der Waals surface area contributed by atoms with Gasteiger partial charge in [-0.15, -0.1) is 11.3 Å². The number of carbonyl (C=O) groups is 1. The molecule has 1 aromatic heterocycles. The van der Waals surface area contributed by atoms with Crippen molar-refractivity contribution in [2.75, 3.05) is 13.1 Å². The number of fused-ring (bicyclic) bond motifs is 1. The van der Waals surface area contributed by atoms with Crippen molar-refractivity contribution >= 4 is 17.2 Å². The molecule has 122 valence electrons. The van der Waals surface area contributed by atoms with E-state index in [1.165, 1.54) is 9.75 Å². The molecule has 1 aromatic rings. The minimum Gasteiger partial charge on any atom is -0.373 e. The Morgan fingerprint density at radius 2 is 2.27 bits per heavy atom. The Bertz CT molecular complexity index is 514. The molecule has 4 nitrogen and oxygen atoms in total. The molecule has 0 aromatic carbocycles. The molecule has 0 radical (unpaired) electrons. The van der Waals surface area contributed by atoms with Crippen LogP contribution in [-0.4, -0.2) is 42.1 Å². The predicted molar refractivity (Wildman–Crippen MR) is 89.0 cm³/mol. The highest BCUT2D eigenvalue weighted by Crippen LogP contribution is 2.35. The molecule has 1 N–H and O–H groups in total. The summed E-state index contributed by atoms with van der Waals surface area (Å²) in [6, 6.07) is 4.63. The molecule has 0 aliphatic carbocycles. The molecule has 0 bridgehead atoms. The number of hydrogen-bond acceptors (Lipinski definition) is 4. The van der Waals surface area contributed by atoms with E-state index in [4.69, 9.17) is 4.74 Å². The number of thiophene rings is 1. The van der Waals surface area contributed by atoms with Crippen LogP contribution in [0.15, 0.2) is 12.1 Å². The summed E-state index contributed by atoms with van der Waals surface area (Å²) in [6.45, 7) is 9.28. The molecule has 2 fully saturated rings. The number of likely N-dealkylation sites (tertiary alicyclic amines) is 1. The molecular weight excluding hydrogens is 296 g/mol. The van der Waals surface area contributed by atoms with E-state index in [2.05, 4.69) is 29.3 Å². The van der Waals surface area contributed by atoms with Crippen LogP contribution in [0.5, 0.6) is 0 Å². The molecule has 3 atom stereocenters. The quantitative estimate of drug-likeness (QED) is 0.906. The SMILES string of the molecule is Cc1ccc(CN2C[C@@H]3C[C@H](CC(=O)NC(C)C)O[C@@H]3C2)s1. The minimum atomic E-state index is 0.111. The fraction of sp³-hybridized carbons (Fsp3) is 0.706. The lowest BCUT2D eigenvalue weighted by Crippen LogP contribution is -2.33. The molecular formula is C17H26N2O2S. The van der Waals surface area contributed by atoms with Crippen LogP contribution in [0.1, 0.15) is 36.4 Å². The summed E-state index contributed by atoms with van der Waals surface area (Å²) in [7, 11) is 0. The van der Waals surface area contributed by atoms with Crippen LogP contribution < -0.4 is 5.32 Å². The molecule has 2 aliphatic rings. The second-order valence-corrected chi connectivity index (χ2v) is 8.30. The number of hydrogen-bond donors (Lipinski definition) is 1. The van der Waals surface area contributed by atoms with Crippen LogP contribution in [0, 0.1) is 12.8 Å². The maximum absolute atomic E-state index is 11.8. The van der Waals surface area contributed by atoms with E-state index in [1.54, 1.807) is 0 Å². The lowest BCUT2D eigenvalue weighted by Gasteiger charge is -2.18. The number of carbonyl (C=O) groups excluding carboxylic acids is 1. The van der Waals surface area contributed by atoms with E-state index < -0.39 is 0 Å². The van der Waals surface area contributed by atoms with Gasteiger partial charge in [0, 0.05) is 41.3 Å². The second-order valence-electron chi connectivity index (χ2n) is 6.93. The fourth-order valence-electron chi connectivity index (χ4n) is 3.59. The monoisotopic (exact) mass is 322 g/mol. The van der Waals surface area contributed by atoms with Gasteiger partial charge < -0.3 is 10.1 Å². The Labute approximate surface area is 136 Å². The van der Waals surface area contributed by atoms with Crippen LogP contribution in [0.2, 0.25) is 0 Å². The van der Waals surface area contributed by atoms with Gasteiger partial charge in [-0.2, -0.15) is 0 Å². The minimum absolute atomic E-state index is 0.111. The third kappa shape index (κ3) is 3.89. The number of ether oxygens (including phenoxy) is 1. The van der Waals surface area contributed by atoms with Gasteiger partial charge in [0.1, 0.15) is 0 Å². The first-order valence-electron chi connectivity index (χ1n) is 8.22. The Balaban J connectivity index is 1.45. The van der Waals surface area contributed by atoms with Crippen LogP contribution in [0.4, 0.5) is 0 Å². The molecule has 0 saturated carbocycles. The Kier molecular flexibility index (Phi) is 4.85. The normalized spacial score (nSPS) is 28.3. The van der Waals surface area contributed by atoms with Crippen molar-refractivity contribution in [1.29, 1.82) is 0 Å². The van der Waals surface area contributed by atoms with E-state index in [1.807, 2.05) is 25.2 Å². The van der Waals surface area contributed by atoms with Crippen molar-refractivity contribution in [3.63, 3.8) is 0 Å². The van der Waals surface area contributed by atoms with Gasteiger partial charge in [-0.1, -0.05) is 0 Å². The van der Waals surface area contributed by atoms with Crippen molar-refractivity contribution in [3.8, 4) is 0 Å². The molecule has 22 heavy (non-hydrogen) atoms. The zero-order valence-corrected chi connectivity index (χ0v) is 14.5. The van der Waals surface area contributed by atoms with E-state index in [-0.39, 0.29) is 18.1 Å². The lowest BCUT2D eigenvalue weighted by atomic mass is 10.0. The second kappa shape index (κ2) is 6.69. The number of amides is 1. The number of rotatable bonds is 5. The van der Waals surface area contributed by atoms with Crippen LogP contribution in [-0.2, 0) is 16.1 Å². The van der Waals surface area contributed by atoms with Gasteiger partial charge in [0.05, 0.1) is 18.6 Å². The summed E-state index contributed by atoms with van der Waals surface area (Å²) in [5, 5.41) is 2.95. The van der Waals surface area contributed by atoms with Gasteiger partial charge in [0.25, 0.3) is 0 Å². The van der Waals surface area contributed by atoms with Crippen LogP contribution in [0.3, 0.4) is 0 Å². The Hall–Kier alpha value is -0.910. The van der Waals surface area contributed by atoms with Crippen molar-refractivity contribution in [3.05, 3.63) is 21.9 Å². The number of nitrogens with one attached hydrogen (secondary N) is 1. The Morgan fingerprint density at radius 1 is 1.45 bits per heavy atom. The van der Waals surface area contributed by atoms with Crippen molar-refractivity contribution < 1.29 is 9.53 Å². The first kappa shape index (κ1) is 16.0. The third-order valence-electron chi connectivity index (χ3n) is 4.43. The summed E-state index contributed by atoms with van der Waals surface area (Å²) in [5.41, 5.74) is 0. The van der Waals surface area contributed by atoms with E-state index >= 15 is 0 Å². The molecule has 3 heterocycles. The van der Waals surface area contributed by atoms with Gasteiger partial charge in [0.15, 0.2) is 0 Å². The Morgan fingerprint density at radius 3 is 2.91 bits per heavy atom. The van der Waals surface area contributed by atoms with Gasteiger partial charge in [-0.3, -0.25) is 9.69 Å². The maximum Gasteiger partial charge on any atom is 0.222 e. The summed E-state index contributed by atoms with van der Waals surface area (Å²) in [4.78, 5) is 17.1. The maximum atomic E-state index is 11.8. The third-order valence-corrected chi connectivity index (χ3v) is 5.41. The summed E-state index contributed by atoms with van der Waals surface area (Å²) in [6.07, 6.45) is 1.96. The highest BCUT2D eigenvalue weighted by atomic mass is 32.1. The summed E-state index contributed by atoms with van der Waals surface area (Å²) in [5.74, 6) is 0.712. The zero-order valence-electron chi connectivity index (χ0n) is 13.7. The van der Waals surface area contributed by atoms with E-state index in [0.29, 0.717) is 18.4 Å².